The summed E-state index contributed by atoms with van der Waals surface area (Å²) >= 11 is 0. The number of allylic oxidation sites excluding steroid dienone is 2. The van der Waals surface area contributed by atoms with Crippen molar-refractivity contribution in [2.75, 3.05) is 12.4 Å². The molecule has 5 nitrogen and oxygen atoms in total. The first-order valence-corrected chi connectivity index (χ1v) is 11.6. The number of hydrogen-bond donors (Lipinski definition) is 2. The number of rotatable bonds is 17. The van der Waals surface area contributed by atoms with Gasteiger partial charge in [-0.15, -0.1) is 0 Å². The number of hydrogen-bond acceptors (Lipinski definition) is 4. The summed E-state index contributed by atoms with van der Waals surface area (Å²) in [5, 5.41) is 7.86. The zero-order valence-corrected chi connectivity index (χ0v) is 20.3. The van der Waals surface area contributed by atoms with E-state index in [9.17, 15) is 13.2 Å². The van der Waals surface area contributed by atoms with Gasteiger partial charge in [-0.25, -0.2) is 0 Å². The van der Waals surface area contributed by atoms with Crippen molar-refractivity contribution in [1.29, 1.82) is 0 Å². The summed E-state index contributed by atoms with van der Waals surface area (Å²) in [6.07, 6.45) is 24.2. The average Bonchev–Trinajstić information content (AvgIpc) is 2.58. The minimum Gasteiger partial charge on any atom is -0.542 e. The van der Waals surface area contributed by atoms with E-state index in [0.717, 1.165) is 6.42 Å². The van der Waals surface area contributed by atoms with Crippen LogP contribution in [0, 0.1) is 0 Å². The molecule has 0 atom stereocenters. The molecular weight excluding hydrogens is 375 g/mol. The zero-order valence-electron chi connectivity index (χ0n) is 17.5. The summed E-state index contributed by atoms with van der Waals surface area (Å²) < 4.78 is 27.1. The maximum Gasteiger partial charge on any atom is 1.00 e. The third-order valence-corrected chi connectivity index (χ3v) is 4.59. The van der Waals surface area contributed by atoms with Crippen LogP contribution in [-0.2, 0) is 14.9 Å². The van der Waals surface area contributed by atoms with E-state index >= 15 is 0 Å². The summed E-state index contributed by atoms with van der Waals surface area (Å²) in [6.45, 7) is 1.74. The smallest absolute Gasteiger partial charge is 0.542 e. The predicted octanol–water partition coefficient (Wildman–Crippen LogP) is 2.00. The maximum atomic E-state index is 10.0. The van der Waals surface area contributed by atoms with Gasteiger partial charge >= 0.3 is 29.6 Å². The van der Waals surface area contributed by atoms with Gasteiger partial charge in [-0.05, 0) is 25.7 Å². The van der Waals surface area contributed by atoms with E-state index in [4.69, 9.17) is 9.66 Å². The molecule has 0 aliphatic carbocycles. The van der Waals surface area contributed by atoms with Gasteiger partial charge < -0.3 is 9.90 Å². The van der Waals surface area contributed by atoms with E-state index in [-0.39, 0.29) is 29.6 Å². The van der Waals surface area contributed by atoms with E-state index in [1.165, 1.54) is 77.0 Å². The Morgan fingerprint density at radius 1 is 0.815 bits per heavy atom. The molecule has 0 aromatic carbocycles. The fourth-order valence-electron chi connectivity index (χ4n) is 2.38. The first kappa shape index (κ1) is 32.0. The quantitative estimate of drug-likeness (QED) is 0.125. The SMILES string of the molecule is CCCCCCCC/C=C\CCCCCCC[C-]=O.O=S(=O)(O)CCO.[Na+]. The second kappa shape index (κ2) is 26.3. The first-order valence-electron chi connectivity index (χ1n) is 10.0. The van der Waals surface area contributed by atoms with E-state index in [1.807, 2.05) is 6.29 Å². The number of unbranched alkanes of at least 4 members (excludes halogenated alkanes) is 12. The largest absolute Gasteiger partial charge is 1.00 e. The molecule has 0 heterocycles. The van der Waals surface area contributed by atoms with Crippen LogP contribution in [0.2, 0.25) is 0 Å². The van der Waals surface area contributed by atoms with Crippen molar-refractivity contribution in [1.82, 2.24) is 0 Å². The molecule has 0 radical (unpaired) electrons. The Labute approximate surface area is 189 Å². The van der Waals surface area contributed by atoms with Crippen LogP contribution in [0.15, 0.2) is 12.2 Å². The van der Waals surface area contributed by atoms with Crippen LogP contribution < -0.4 is 29.6 Å². The second-order valence-electron chi connectivity index (χ2n) is 6.49. The third-order valence-electron chi connectivity index (χ3n) is 3.89. The van der Waals surface area contributed by atoms with Crippen LogP contribution in [0.25, 0.3) is 0 Å². The number of carbonyl (C=O) groups excluding carboxylic acids is 1. The summed E-state index contributed by atoms with van der Waals surface area (Å²) in [6, 6.07) is 0. The van der Waals surface area contributed by atoms with Crippen molar-refractivity contribution >= 4 is 16.4 Å². The second-order valence-corrected chi connectivity index (χ2v) is 8.06. The van der Waals surface area contributed by atoms with Crippen LogP contribution in [0.4, 0.5) is 0 Å². The molecular formula is C20H39NaO5S. The summed E-state index contributed by atoms with van der Waals surface area (Å²) in [5.74, 6) is -0.576. The van der Waals surface area contributed by atoms with Gasteiger partial charge in [0.2, 0.25) is 0 Å². The van der Waals surface area contributed by atoms with Crippen molar-refractivity contribution in [3.63, 3.8) is 0 Å². The van der Waals surface area contributed by atoms with Gasteiger partial charge in [-0.2, -0.15) is 14.8 Å². The van der Waals surface area contributed by atoms with Crippen molar-refractivity contribution in [2.45, 2.75) is 96.8 Å². The Kier molecular flexibility index (Phi) is 31.1. The van der Waals surface area contributed by atoms with Crippen molar-refractivity contribution in [3.05, 3.63) is 12.2 Å². The van der Waals surface area contributed by atoms with Crippen LogP contribution in [0.3, 0.4) is 0 Å². The standard InChI is InChI=1S/C18H33O.C2H6O4S.Na/c1-2-3-4-5-6-7-8-9-10-11-12-13-14-15-16-17-18-19;3-1-2-7(4,5)6;/h9-10H,2-8,11-17H2,1H3;3H,1-2H2,(H,4,5,6);/q-1;;+1/b10-9-;;. The summed E-state index contributed by atoms with van der Waals surface area (Å²) in [7, 11) is -3.92. The van der Waals surface area contributed by atoms with Gasteiger partial charge in [0.15, 0.2) is 0 Å². The van der Waals surface area contributed by atoms with Crippen LogP contribution in [0.5, 0.6) is 0 Å². The first-order chi connectivity index (χ1) is 12.5. The minimum atomic E-state index is -3.92. The molecule has 27 heavy (non-hydrogen) atoms. The molecule has 0 aromatic rings. The van der Waals surface area contributed by atoms with Gasteiger partial charge in [-0.1, -0.05) is 76.9 Å². The Morgan fingerprint density at radius 3 is 1.63 bits per heavy atom. The molecule has 0 aromatic heterocycles. The molecule has 0 saturated heterocycles. The summed E-state index contributed by atoms with van der Waals surface area (Å²) in [4.78, 5) is 10.0. The fourth-order valence-corrected chi connectivity index (χ4v) is 2.61. The Balaban J connectivity index is -0.000000612. The number of aliphatic hydroxyl groups is 1. The van der Waals surface area contributed by atoms with E-state index < -0.39 is 22.5 Å². The van der Waals surface area contributed by atoms with Gasteiger partial charge in [0.25, 0.3) is 10.1 Å². The van der Waals surface area contributed by atoms with Crippen molar-refractivity contribution in [2.24, 2.45) is 0 Å². The minimum absolute atomic E-state index is 0. The molecule has 7 heteroatoms. The molecule has 0 aliphatic heterocycles. The average molecular weight is 415 g/mol. The molecule has 156 valence electrons. The molecule has 2 N–H and O–H groups in total. The van der Waals surface area contributed by atoms with Gasteiger partial charge in [0, 0.05) is 0 Å². The Morgan fingerprint density at radius 2 is 1.26 bits per heavy atom. The van der Waals surface area contributed by atoms with Crippen LogP contribution in [-0.4, -0.2) is 36.7 Å². The van der Waals surface area contributed by atoms with E-state index in [0.29, 0.717) is 6.42 Å². The van der Waals surface area contributed by atoms with Crippen LogP contribution >= 0.6 is 0 Å². The molecule has 0 fully saturated rings. The van der Waals surface area contributed by atoms with Crippen LogP contribution in [0.1, 0.15) is 96.8 Å². The van der Waals surface area contributed by atoms with Gasteiger partial charge in [0.1, 0.15) is 0 Å². The Hall–Kier alpha value is 0.280. The molecule has 0 aliphatic rings. The van der Waals surface area contributed by atoms with E-state index in [2.05, 4.69) is 19.1 Å². The van der Waals surface area contributed by atoms with Crippen molar-refractivity contribution in [3.8, 4) is 0 Å². The fraction of sp³-hybridized carbons (Fsp3) is 0.850. The van der Waals surface area contributed by atoms with Gasteiger partial charge in [-0.3, -0.25) is 10.8 Å². The molecule has 0 unspecified atom stereocenters. The molecule has 0 bridgehead atoms. The molecule has 0 spiro atoms. The summed E-state index contributed by atoms with van der Waals surface area (Å²) in [5.41, 5.74) is 0. The third kappa shape index (κ3) is 37.7. The monoisotopic (exact) mass is 414 g/mol. The predicted molar refractivity (Wildman–Crippen MR) is 109 cm³/mol. The molecule has 0 saturated carbocycles. The Bertz CT molecular complexity index is 411. The zero-order chi connectivity index (χ0) is 19.9. The van der Waals surface area contributed by atoms with Crippen molar-refractivity contribution < 1.29 is 52.4 Å². The number of aliphatic hydroxyl groups excluding tert-OH is 1. The molecule has 0 amide bonds. The normalized spacial score (nSPS) is 10.9. The van der Waals surface area contributed by atoms with Gasteiger partial charge in [0.05, 0.1) is 12.4 Å². The maximum absolute atomic E-state index is 10.0. The molecule has 0 rings (SSSR count). The van der Waals surface area contributed by atoms with E-state index in [1.54, 1.807) is 0 Å². The topological polar surface area (TPSA) is 91.7 Å².